The third-order valence-electron chi connectivity index (χ3n) is 7.09. The van der Waals surface area contributed by atoms with Gasteiger partial charge in [0.1, 0.15) is 5.65 Å². The van der Waals surface area contributed by atoms with Gasteiger partial charge in [0.05, 0.1) is 23.5 Å². The quantitative estimate of drug-likeness (QED) is 0.649. The van der Waals surface area contributed by atoms with Gasteiger partial charge in [0, 0.05) is 30.7 Å². The molecule has 1 saturated heterocycles. The molecule has 0 amide bonds. The summed E-state index contributed by atoms with van der Waals surface area (Å²) in [6.45, 7) is 6.55. The number of aromatic nitrogens is 3. The maximum atomic E-state index is 13.2. The van der Waals surface area contributed by atoms with E-state index in [0.29, 0.717) is 49.3 Å². The molecule has 4 rings (SSSR count). The number of aliphatic hydroxyl groups is 1. The summed E-state index contributed by atoms with van der Waals surface area (Å²) >= 11 is 0. The number of sulfonamides is 1. The van der Waals surface area contributed by atoms with Gasteiger partial charge in [-0.3, -0.25) is 9.36 Å². The Labute approximate surface area is 194 Å². The molecule has 178 valence electrons. The van der Waals surface area contributed by atoms with E-state index in [4.69, 9.17) is 6.42 Å². The van der Waals surface area contributed by atoms with E-state index in [1.807, 2.05) is 13.8 Å². The van der Waals surface area contributed by atoms with Gasteiger partial charge in [-0.2, -0.15) is 4.98 Å². The number of hydrogen-bond acceptors (Lipinski definition) is 7. The molecule has 1 unspecified atom stereocenters. The maximum Gasteiger partial charge on any atom is 0.268 e. The number of hydrogen-bond donors (Lipinski definition) is 2. The molecule has 0 bridgehead atoms. The molecular formula is C23H31N5O4S. The first-order valence-electron chi connectivity index (χ1n) is 11.2. The zero-order valence-electron chi connectivity index (χ0n) is 19.5. The van der Waals surface area contributed by atoms with Crippen LogP contribution < -0.4 is 10.9 Å². The molecule has 3 atom stereocenters. The molecule has 33 heavy (non-hydrogen) atoms. The lowest BCUT2D eigenvalue weighted by atomic mass is 9.80. The van der Waals surface area contributed by atoms with Crippen molar-refractivity contribution in [2.24, 2.45) is 5.41 Å². The topological polar surface area (TPSA) is 117 Å². The second kappa shape index (κ2) is 8.08. The Morgan fingerprint density at radius 2 is 2.03 bits per heavy atom. The van der Waals surface area contributed by atoms with Gasteiger partial charge < -0.3 is 10.4 Å². The zero-order valence-corrected chi connectivity index (χ0v) is 20.3. The maximum absolute atomic E-state index is 13.2. The first-order chi connectivity index (χ1) is 15.3. The Morgan fingerprint density at radius 1 is 1.30 bits per heavy atom. The monoisotopic (exact) mass is 473 g/mol. The molecule has 0 spiro atoms. The largest absolute Gasteiger partial charge is 0.388 e. The number of nitrogens with one attached hydrogen (secondary N) is 1. The highest BCUT2D eigenvalue weighted by atomic mass is 32.2. The van der Waals surface area contributed by atoms with E-state index < -0.39 is 21.7 Å². The van der Waals surface area contributed by atoms with E-state index in [1.165, 1.54) is 15.1 Å². The van der Waals surface area contributed by atoms with Gasteiger partial charge in [-0.25, -0.2) is 17.7 Å². The molecule has 2 aromatic rings. The summed E-state index contributed by atoms with van der Waals surface area (Å²) in [5.74, 6) is 2.80. The summed E-state index contributed by atoms with van der Waals surface area (Å²) in [5, 5.41) is 14.9. The van der Waals surface area contributed by atoms with Crippen LogP contribution in [0.2, 0.25) is 0 Å². The highest BCUT2D eigenvalue weighted by Crippen LogP contribution is 2.39. The molecule has 2 fully saturated rings. The number of rotatable bonds is 4. The van der Waals surface area contributed by atoms with Crippen LogP contribution in [0.15, 0.2) is 17.1 Å². The Morgan fingerprint density at radius 3 is 2.61 bits per heavy atom. The standard InChI is InChI=1S/C23H31N5O4S/c1-6-15-12-16-13-24-21(25-17-9-11-27(33(5,31)32)14-22(17,2)3)26-19(16)28(20(15)29)18-8-7-10-23(18,4)30/h1,12-13,17-18,30H,7-11,14H2,2-5H3,(H,24,25,26)/t17?,18-,23-/m1/s1. The predicted octanol–water partition coefficient (Wildman–Crippen LogP) is 1.72. The van der Waals surface area contributed by atoms with Gasteiger partial charge in [0.15, 0.2) is 0 Å². The lowest BCUT2D eigenvalue weighted by molar-refractivity contribution is 0.0266. The fraction of sp³-hybridized carbons (Fsp3) is 0.609. The summed E-state index contributed by atoms with van der Waals surface area (Å²) in [7, 11) is -3.26. The van der Waals surface area contributed by atoms with E-state index in [2.05, 4.69) is 21.2 Å². The average molecular weight is 474 g/mol. The van der Waals surface area contributed by atoms with E-state index in [9.17, 15) is 18.3 Å². The van der Waals surface area contributed by atoms with Crippen LogP contribution in [0.25, 0.3) is 11.0 Å². The lowest BCUT2D eigenvalue weighted by Gasteiger charge is -2.43. The van der Waals surface area contributed by atoms with Crippen molar-refractivity contribution in [3.05, 3.63) is 28.2 Å². The third-order valence-corrected chi connectivity index (χ3v) is 8.34. The third kappa shape index (κ3) is 4.37. The van der Waals surface area contributed by atoms with Crippen LogP contribution in [0, 0.1) is 17.8 Å². The fourth-order valence-corrected chi connectivity index (χ4v) is 6.14. The summed E-state index contributed by atoms with van der Waals surface area (Å²) in [6.07, 6.45) is 11.1. The van der Waals surface area contributed by atoms with Crippen LogP contribution in [0.1, 0.15) is 58.1 Å². The number of terminal acetylenes is 1. The smallest absolute Gasteiger partial charge is 0.268 e. The molecule has 1 aliphatic carbocycles. The first kappa shape index (κ1) is 23.7. The Balaban J connectivity index is 1.74. The van der Waals surface area contributed by atoms with E-state index in [1.54, 1.807) is 19.2 Å². The molecule has 2 N–H and O–H groups in total. The summed E-state index contributed by atoms with van der Waals surface area (Å²) in [5.41, 5.74) is -1.10. The normalized spacial score (nSPS) is 28.0. The fourth-order valence-electron chi connectivity index (χ4n) is 5.13. The Kier molecular flexibility index (Phi) is 5.79. The highest BCUT2D eigenvalue weighted by molar-refractivity contribution is 7.88. The van der Waals surface area contributed by atoms with Crippen LogP contribution >= 0.6 is 0 Å². The van der Waals surface area contributed by atoms with Crippen LogP contribution in [0.3, 0.4) is 0 Å². The molecule has 9 nitrogen and oxygen atoms in total. The Hall–Kier alpha value is -2.48. The lowest BCUT2D eigenvalue weighted by Crippen LogP contribution is -2.53. The predicted molar refractivity (Wildman–Crippen MR) is 127 cm³/mol. The van der Waals surface area contributed by atoms with Crippen molar-refractivity contribution in [3.8, 4) is 12.3 Å². The first-order valence-corrected chi connectivity index (χ1v) is 13.0. The second-order valence-corrected chi connectivity index (χ2v) is 12.2. The molecule has 2 aromatic heterocycles. The van der Waals surface area contributed by atoms with E-state index >= 15 is 0 Å². The number of piperidine rings is 1. The summed E-state index contributed by atoms with van der Waals surface area (Å²) in [6, 6.07) is 1.11. The Bertz CT molecular complexity index is 1290. The van der Waals surface area contributed by atoms with Gasteiger partial charge in [-0.05, 0) is 44.1 Å². The van der Waals surface area contributed by atoms with Gasteiger partial charge in [0.2, 0.25) is 16.0 Å². The minimum atomic E-state index is -3.26. The second-order valence-electron chi connectivity index (χ2n) is 10.2. The molecular weight excluding hydrogens is 442 g/mol. The summed E-state index contributed by atoms with van der Waals surface area (Å²) < 4.78 is 27.0. The van der Waals surface area contributed by atoms with Crippen molar-refractivity contribution in [1.82, 2.24) is 18.8 Å². The van der Waals surface area contributed by atoms with Crippen molar-refractivity contribution in [3.63, 3.8) is 0 Å². The van der Waals surface area contributed by atoms with Crippen LogP contribution in [0.4, 0.5) is 5.95 Å². The van der Waals surface area contributed by atoms with Crippen LogP contribution in [-0.2, 0) is 10.0 Å². The molecule has 1 aliphatic heterocycles. The molecule has 0 radical (unpaired) electrons. The number of anilines is 1. The highest BCUT2D eigenvalue weighted by Gasteiger charge is 2.41. The van der Waals surface area contributed by atoms with Crippen molar-refractivity contribution >= 4 is 27.0 Å². The molecule has 3 heterocycles. The van der Waals surface area contributed by atoms with Gasteiger partial charge in [0.25, 0.3) is 5.56 Å². The molecule has 10 heteroatoms. The molecule has 2 aliphatic rings. The van der Waals surface area contributed by atoms with E-state index in [0.717, 1.165) is 6.42 Å². The van der Waals surface area contributed by atoms with E-state index in [-0.39, 0.29) is 22.6 Å². The zero-order chi connectivity index (χ0) is 24.2. The van der Waals surface area contributed by atoms with Crippen molar-refractivity contribution < 1.29 is 13.5 Å². The minimum Gasteiger partial charge on any atom is -0.388 e. The van der Waals surface area contributed by atoms with Crippen molar-refractivity contribution in [1.29, 1.82) is 0 Å². The van der Waals surface area contributed by atoms with Crippen molar-refractivity contribution in [2.45, 2.75) is 64.1 Å². The molecule has 1 saturated carbocycles. The summed E-state index contributed by atoms with van der Waals surface area (Å²) in [4.78, 5) is 22.3. The van der Waals surface area contributed by atoms with Gasteiger partial charge in [-0.15, -0.1) is 6.42 Å². The number of nitrogens with zero attached hydrogens (tertiary/aromatic N) is 4. The average Bonchev–Trinajstić information content (AvgIpc) is 3.06. The van der Waals surface area contributed by atoms with Gasteiger partial charge >= 0.3 is 0 Å². The van der Waals surface area contributed by atoms with Crippen LogP contribution in [0.5, 0.6) is 0 Å². The minimum absolute atomic E-state index is 0.0623. The van der Waals surface area contributed by atoms with Crippen LogP contribution in [-0.4, -0.2) is 63.4 Å². The van der Waals surface area contributed by atoms with Gasteiger partial charge in [-0.1, -0.05) is 19.8 Å². The molecule has 0 aromatic carbocycles. The number of pyridine rings is 1. The van der Waals surface area contributed by atoms with Crippen molar-refractivity contribution in [2.75, 3.05) is 24.7 Å². The number of fused-ring (bicyclic) bond motifs is 1. The SMILES string of the molecule is C#Cc1cc2cnc(NC3CCN(S(C)(=O)=O)CC3(C)C)nc2n([C@@H]2CCC[C@@]2(C)O)c1=O.